The summed E-state index contributed by atoms with van der Waals surface area (Å²) in [6.07, 6.45) is 0.950. The molecule has 0 aromatic rings. The molecule has 0 amide bonds. The molecule has 0 aliphatic carbocycles. The van der Waals surface area contributed by atoms with Crippen LogP contribution in [0.3, 0.4) is 0 Å². The Morgan fingerprint density at radius 2 is 2.36 bits per heavy atom. The minimum atomic E-state index is 0.313. The fraction of sp³-hybridized carbons (Fsp3) is 0.727. The van der Waals surface area contributed by atoms with Gasteiger partial charge in [-0.15, -0.1) is 11.8 Å². The largest absolute Gasteiger partial charge is 0.364 e. The predicted molar refractivity (Wildman–Crippen MR) is 64.6 cm³/mol. The van der Waals surface area contributed by atoms with Crippen molar-refractivity contribution in [2.24, 2.45) is 10.4 Å². The van der Waals surface area contributed by atoms with Crippen molar-refractivity contribution < 1.29 is 0 Å². The molecule has 0 fully saturated rings. The van der Waals surface area contributed by atoms with Gasteiger partial charge in [0.25, 0.3) is 0 Å². The van der Waals surface area contributed by atoms with Crippen LogP contribution in [-0.4, -0.2) is 24.0 Å². The molecule has 0 aromatic heterocycles. The van der Waals surface area contributed by atoms with Gasteiger partial charge in [-0.05, 0) is 6.92 Å². The lowest BCUT2D eigenvalue weighted by molar-refractivity contribution is 0.364. The maximum absolute atomic E-state index is 4.50. The maximum atomic E-state index is 4.50. The molecule has 78 valence electrons. The van der Waals surface area contributed by atoms with Crippen molar-refractivity contribution >= 4 is 16.9 Å². The number of aliphatic imine (C=N–C) groups is 1. The highest BCUT2D eigenvalue weighted by Crippen LogP contribution is 2.19. The van der Waals surface area contributed by atoms with Crippen LogP contribution < -0.4 is 5.32 Å². The summed E-state index contributed by atoms with van der Waals surface area (Å²) >= 11 is 1.77. The van der Waals surface area contributed by atoms with Gasteiger partial charge in [0.1, 0.15) is 0 Å². The molecular formula is C11H18N2S. The van der Waals surface area contributed by atoms with Crippen LogP contribution in [0, 0.1) is 17.3 Å². The molecule has 0 unspecified atom stereocenters. The Morgan fingerprint density at radius 3 is 2.93 bits per heavy atom. The molecule has 1 rings (SSSR count). The van der Waals surface area contributed by atoms with Gasteiger partial charge in [0.15, 0.2) is 5.17 Å². The first-order valence-corrected chi connectivity index (χ1v) is 5.93. The van der Waals surface area contributed by atoms with Crippen LogP contribution in [0.5, 0.6) is 0 Å². The van der Waals surface area contributed by atoms with E-state index in [1.54, 1.807) is 11.8 Å². The molecule has 1 aliphatic rings. The molecule has 2 nitrogen and oxygen atoms in total. The van der Waals surface area contributed by atoms with Gasteiger partial charge in [-0.3, -0.25) is 4.99 Å². The molecule has 3 heteroatoms. The number of nitrogens with zero attached hydrogens (tertiary/aromatic N) is 1. The van der Waals surface area contributed by atoms with E-state index in [9.17, 15) is 0 Å². The third-order valence-corrected chi connectivity index (χ3v) is 2.97. The van der Waals surface area contributed by atoms with Gasteiger partial charge in [-0.25, -0.2) is 0 Å². The van der Waals surface area contributed by atoms with Crippen molar-refractivity contribution in [3.05, 3.63) is 0 Å². The smallest absolute Gasteiger partial charge is 0.156 e. The highest BCUT2D eigenvalue weighted by molar-refractivity contribution is 8.13. The van der Waals surface area contributed by atoms with E-state index in [1.807, 2.05) is 6.92 Å². The Bertz CT molecular complexity index is 271. The normalized spacial score (nSPS) is 18.9. The summed E-state index contributed by atoms with van der Waals surface area (Å²) < 4.78 is 0. The van der Waals surface area contributed by atoms with Gasteiger partial charge in [0, 0.05) is 30.7 Å². The third kappa shape index (κ3) is 4.06. The van der Waals surface area contributed by atoms with E-state index in [0.29, 0.717) is 5.41 Å². The highest BCUT2D eigenvalue weighted by Gasteiger charge is 2.21. The lowest BCUT2D eigenvalue weighted by Gasteiger charge is -2.28. The Balaban J connectivity index is 2.26. The van der Waals surface area contributed by atoms with Crippen LogP contribution >= 0.6 is 11.8 Å². The summed E-state index contributed by atoms with van der Waals surface area (Å²) in [4.78, 5) is 4.50. The van der Waals surface area contributed by atoms with Crippen molar-refractivity contribution in [2.75, 3.05) is 18.8 Å². The molecule has 1 heterocycles. The van der Waals surface area contributed by atoms with Gasteiger partial charge in [-0.1, -0.05) is 25.6 Å². The molecule has 0 radical (unpaired) electrons. The number of nitrogens with one attached hydrogen (secondary N) is 1. The topological polar surface area (TPSA) is 24.4 Å². The molecule has 1 aliphatic heterocycles. The Hall–Kier alpha value is -0.620. The summed E-state index contributed by atoms with van der Waals surface area (Å²) in [7, 11) is 0. The van der Waals surface area contributed by atoms with E-state index in [0.717, 1.165) is 30.4 Å². The second-order valence-electron chi connectivity index (χ2n) is 4.16. The number of rotatable bonds is 2. The molecule has 0 aromatic carbocycles. The van der Waals surface area contributed by atoms with E-state index < -0.39 is 0 Å². The van der Waals surface area contributed by atoms with E-state index >= 15 is 0 Å². The monoisotopic (exact) mass is 210 g/mol. The lowest BCUT2D eigenvalue weighted by atomic mass is 9.93. The molecular weight excluding hydrogens is 192 g/mol. The molecule has 14 heavy (non-hydrogen) atoms. The number of hydrogen-bond acceptors (Lipinski definition) is 3. The van der Waals surface area contributed by atoms with E-state index in [1.165, 1.54) is 0 Å². The van der Waals surface area contributed by atoms with Crippen LogP contribution in [0.15, 0.2) is 4.99 Å². The third-order valence-electron chi connectivity index (χ3n) is 2.01. The first kappa shape index (κ1) is 11.5. The number of hydrogen-bond donors (Lipinski definition) is 1. The van der Waals surface area contributed by atoms with Crippen molar-refractivity contribution in [1.29, 1.82) is 0 Å². The Labute approximate surface area is 91.0 Å². The maximum Gasteiger partial charge on any atom is 0.156 e. The van der Waals surface area contributed by atoms with Crippen LogP contribution in [0.25, 0.3) is 0 Å². The summed E-state index contributed by atoms with van der Waals surface area (Å²) in [5.74, 6) is 6.98. The lowest BCUT2D eigenvalue weighted by Crippen LogP contribution is -2.39. The molecule has 0 spiro atoms. The Kier molecular flexibility index (Phi) is 4.34. The van der Waals surface area contributed by atoms with Crippen LogP contribution in [0.1, 0.15) is 27.2 Å². The van der Waals surface area contributed by atoms with Gasteiger partial charge >= 0.3 is 0 Å². The zero-order valence-electron chi connectivity index (χ0n) is 9.18. The zero-order chi connectivity index (χ0) is 10.4. The number of thioether (sulfide) groups is 1. The second-order valence-corrected chi connectivity index (χ2v) is 5.25. The first-order chi connectivity index (χ1) is 6.64. The van der Waals surface area contributed by atoms with E-state index in [-0.39, 0.29) is 0 Å². The van der Waals surface area contributed by atoms with Crippen molar-refractivity contribution in [3.63, 3.8) is 0 Å². The zero-order valence-corrected chi connectivity index (χ0v) is 10.0. The average Bonchev–Trinajstić information content (AvgIpc) is 2.15. The van der Waals surface area contributed by atoms with Gasteiger partial charge < -0.3 is 5.32 Å². The molecule has 0 atom stereocenters. The highest BCUT2D eigenvalue weighted by atomic mass is 32.2. The summed E-state index contributed by atoms with van der Waals surface area (Å²) in [6, 6.07) is 0. The SMILES string of the molecule is CC#CCCSC1=NCC(C)(C)CN1. The molecule has 0 bridgehead atoms. The van der Waals surface area contributed by atoms with E-state index in [4.69, 9.17) is 0 Å². The van der Waals surface area contributed by atoms with Crippen LogP contribution in [0.2, 0.25) is 0 Å². The molecule has 0 saturated heterocycles. The summed E-state index contributed by atoms with van der Waals surface area (Å²) in [6.45, 7) is 8.30. The van der Waals surface area contributed by atoms with Gasteiger partial charge in [-0.2, -0.15) is 0 Å². The molecule has 1 N–H and O–H groups in total. The van der Waals surface area contributed by atoms with Crippen molar-refractivity contribution in [1.82, 2.24) is 5.32 Å². The summed E-state index contributed by atoms with van der Waals surface area (Å²) in [5.41, 5.74) is 0.313. The van der Waals surface area contributed by atoms with Crippen molar-refractivity contribution in [2.45, 2.75) is 27.2 Å². The molecule has 0 saturated carbocycles. The van der Waals surface area contributed by atoms with Gasteiger partial charge in [0.05, 0.1) is 0 Å². The second kappa shape index (κ2) is 5.31. The average molecular weight is 210 g/mol. The minimum absolute atomic E-state index is 0.313. The Morgan fingerprint density at radius 1 is 1.57 bits per heavy atom. The standard InChI is InChI=1S/C11H18N2S/c1-4-5-6-7-14-10-12-8-11(2,3)9-13-10/h6-9H2,1-3H3,(H,12,13). The van der Waals surface area contributed by atoms with Crippen molar-refractivity contribution in [3.8, 4) is 11.8 Å². The number of amidine groups is 1. The minimum Gasteiger partial charge on any atom is -0.364 e. The van der Waals surface area contributed by atoms with Gasteiger partial charge in [0.2, 0.25) is 0 Å². The predicted octanol–water partition coefficient (Wildman–Crippen LogP) is 2.12. The van der Waals surface area contributed by atoms with Crippen LogP contribution in [-0.2, 0) is 0 Å². The fourth-order valence-corrected chi connectivity index (χ4v) is 1.86. The fourth-order valence-electron chi connectivity index (χ4n) is 1.13. The first-order valence-electron chi connectivity index (χ1n) is 4.95. The van der Waals surface area contributed by atoms with Crippen LogP contribution in [0.4, 0.5) is 0 Å². The summed E-state index contributed by atoms with van der Waals surface area (Å²) in [5, 5.41) is 4.44. The quantitative estimate of drug-likeness (QED) is 0.557. The van der Waals surface area contributed by atoms with E-state index in [2.05, 4.69) is 36.0 Å².